The fourth-order valence-electron chi connectivity index (χ4n) is 3.21. The Morgan fingerprint density at radius 2 is 1.62 bits per heavy atom. The van der Waals surface area contributed by atoms with Gasteiger partial charge in [-0.2, -0.15) is 0 Å². The van der Waals surface area contributed by atoms with Crippen LogP contribution >= 0.6 is 0 Å². The number of rotatable bonds is 4. The number of carbonyl (C=O) groups is 2. The lowest BCUT2D eigenvalue weighted by Crippen LogP contribution is -2.42. The van der Waals surface area contributed by atoms with Crippen molar-refractivity contribution in [3.8, 4) is 0 Å². The van der Waals surface area contributed by atoms with Crippen LogP contribution in [0, 0.1) is 6.92 Å². The van der Waals surface area contributed by atoms with Crippen molar-refractivity contribution in [3.05, 3.63) is 59.7 Å². The predicted molar refractivity (Wildman–Crippen MR) is 103 cm³/mol. The van der Waals surface area contributed by atoms with Gasteiger partial charge in [-0.15, -0.1) is 0 Å². The lowest BCUT2D eigenvalue weighted by Gasteiger charge is -2.33. The quantitative estimate of drug-likeness (QED) is 0.911. The van der Waals surface area contributed by atoms with Crippen LogP contribution < -0.4 is 10.2 Å². The summed E-state index contributed by atoms with van der Waals surface area (Å²) in [7, 11) is 0. The minimum Gasteiger partial charge on any atom is -0.381 e. The fraction of sp³-hybridized carbons (Fsp3) is 0.333. The van der Waals surface area contributed by atoms with Gasteiger partial charge in [-0.1, -0.05) is 17.7 Å². The van der Waals surface area contributed by atoms with Crippen molar-refractivity contribution in [2.75, 3.05) is 23.4 Å². The first-order chi connectivity index (χ1) is 12.5. The van der Waals surface area contributed by atoms with Gasteiger partial charge in [0.05, 0.1) is 0 Å². The summed E-state index contributed by atoms with van der Waals surface area (Å²) in [6, 6.07) is 15.0. The average Bonchev–Trinajstić information content (AvgIpc) is 2.64. The summed E-state index contributed by atoms with van der Waals surface area (Å²) in [4.78, 5) is 26.3. The highest BCUT2D eigenvalue weighted by Gasteiger charge is 2.24. The van der Waals surface area contributed by atoms with Gasteiger partial charge in [0.15, 0.2) is 0 Å². The Kier molecular flexibility index (Phi) is 5.68. The SMILES string of the molecule is CC(=O)N(c1ccc(NC(=O)c2ccc(C)cc2)cc1)C1CCOCC1. The van der Waals surface area contributed by atoms with Crippen LogP contribution in [0.5, 0.6) is 0 Å². The maximum atomic E-state index is 12.3. The summed E-state index contributed by atoms with van der Waals surface area (Å²) < 4.78 is 5.39. The molecule has 1 aliphatic rings. The van der Waals surface area contributed by atoms with E-state index in [0.717, 1.165) is 24.1 Å². The molecule has 0 bridgehead atoms. The average molecular weight is 352 g/mol. The molecule has 1 aliphatic heterocycles. The lowest BCUT2D eigenvalue weighted by molar-refractivity contribution is -0.117. The van der Waals surface area contributed by atoms with E-state index < -0.39 is 0 Å². The van der Waals surface area contributed by atoms with Gasteiger partial charge >= 0.3 is 0 Å². The van der Waals surface area contributed by atoms with Crippen LogP contribution in [0.2, 0.25) is 0 Å². The second-order valence-electron chi connectivity index (χ2n) is 6.60. The summed E-state index contributed by atoms with van der Waals surface area (Å²) in [5, 5.41) is 2.89. The second kappa shape index (κ2) is 8.15. The molecule has 0 saturated carbocycles. The molecule has 26 heavy (non-hydrogen) atoms. The van der Waals surface area contributed by atoms with Gasteiger partial charge in [0.2, 0.25) is 5.91 Å². The minimum absolute atomic E-state index is 0.0216. The van der Waals surface area contributed by atoms with Crippen LogP contribution in [0.1, 0.15) is 35.7 Å². The van der Waals surface area contributed by atoms with E-state index in [1.54, 1.807) is 6.92 Å². The Hall–Kier alpha value is -2.66. The monoisotopic (exact) mass is 352 g/mol. The Labute approximate surface area is 154 Å². The first-order valence-corrected chi connectivity index (χ1v) is 8.90. The zero-order valence-corrected chi connectivity index (χ0v) is 15.2. The smallest absolute Gasteiger partial charge is 0.255 e. The van der Waals surface area contributed by atoms with E-state index >= 15 is 0 Å². The van der Waals surface area contributed by atoms with Crippen LogP contribution in [0.15, 0.2) is 48.5 Å². The number of nitrogens with one attached hydrogen (secondary N) is 1. The Morgan fingerprint density at radius 3 is 2.19 bits per heavy atom. The fourth-order valence-corrected chi connectivity index (χ4v) is 3.21. The molecular formula is C21H24N2O3. The van der Waals surface area contributed by atoms with E-state index in [1.165, 1.54) is 0 Å². The molecule has 136 valence electrons. The number of hydrogen-bond donors (Lipinski definition) is 1. The summed E-state index contributed by atoms with van der Waals surface area (Å²) in [6.07, 6.45) is 1.68. The number of hydrogen-bond acceptors (Lipinski definition) is 3. The molecule has 5 nitrogen and oxygen atoms in total. The maximum Gasteiger partial charge on any atom is 0.255 e. The third-order valence-corrected chi connectivity index (χ3v) is 4.61. The normalized spacial score (nSPS) is 14.7. The molecule has 3 rings (SSSR count). The highest BCUT2D eigenvalue weighted by Crippen LogP contribution is 2.25. The van der Waals surface area contributed by atoms with Gasteiger partial charge in [-0.3, -0.25) is 9.59 Å². The van der Waals surface area contributed by atoms with Crippen molar-refractivity contribution < 1.29 is 14.3 Å². The molecule has 1 saturated heterocycles. The number of carbonyl (C=O) groups excluding carboxylic acids is 2. The Bertz CT molecular complexity index is 763. The topological polar surface area (TPSA) is 58.6 Å². The van der Waals surface area contributed by atoms with Crippen molar-refractivity contribution >= 4 is 23.2 Å². The summed E-state index contributed by atoms with van der Waals surface area (Å²) in [6.45, 7) is 4.93. The number of aryl methyl sites for hydroxylation is 1. The molecule has 0 aliphatic carbocycles. The van der Waals surface area contributed by atoms with E-state index in [2.05, 4.69) is 5.32 Å². The molecule has 0 spiro atoms. The zero-order valence-electron chi connectivity index (χ0n) is 15.2. The molecule has 0 atom stereocenters. The first kappa shape index (κ1) is 18.1. The number of benzene rings is 2. The van der Waals surface area contributed by atoms with Crippen LogP contribution in [-0.2, 0) is 9.53 Å². The van der Waals surface area contributed by atoms with E-state index in [1.807, 2.05) is 60.4 Å². The Balaban J connectivity index is 1.71. The van der Waals surface area contributed by atoms with Crippen molar-refractivity contribution in [1.29, 1.82) is 0 Å². The van der Waals surface area contributed by atoms with Gasteiger partial charge in [-0.25, -0.2) is 0 Å². The van der Waals surface area contributed by atoms with Crippen LogP contribution in [0.25, 0.3) is 0 Å². The minimum atomic E-state index is -0.148. The van der Waals surface area contributed by atoms with E-state index in [9.17, 15) is 9.59 Å². The van der Waals surface area contributed by atoms with Gasteiger partial charge in [0, 0.05) is 43.1 Å². The van der Waals surface area contributed by atoms with Crippen LogP contribution in [0.4, 0.5) is 11.4 Å². The molecule has 1 fully saturated rings. The highest BCUT2D eigenvalue weighted by molar-refractivity contribution is 6.04. The molecule has 2 aromatic rings. The van der Waals surface area contributed by atoms with Gasteiger partial charge in [-0.05, 0) is 56.2 Å². The van der Waals surface area contributed by atoms with Crippen molar-refractivity contribution in [1.82, 2.24) is 0 Å². The molecule has 1 N–H and O–H groups in total. The number of anilines is 2. The lowest BCUT2D eigenvalue weighted by atomic mass is 10.1. The second-order valence-corrected chi connectivity index (χ2v) is 6.60. The first-order valence-electron chi connectivity index (χ1n) is 8.90. The van der Waals surface area contributed by atoms with Crippen LogP contribution in [0.3, 0.4) is 0 Å². The molecule has 0 radical (unpaired) electrons. The third-order valence-electron chi connectivity index (χ3n) is 4.61. The molecule has 5 heteroatoms. The number of ether oxygens (including phenoxy) is 1. The molecule has 1 heterocycles. The van der Waals surface area contributed by atoms with E-state index in [-0.39, 0.29) is 17.9 Å². The third kappa shape index (κ3) is 4.29. The standard InChI is InChI=1S/C21H24N2O3/c1-15-3-5-17(6-4-15)21(25)22-18-7-9-19(10-8-18)23(16(2)24)20-11-13-26-14-12-20/h3-10,20H,11-14H2,1-2H3,(H,22,25). The van der Waals surface area contributed by atoms with Gasteiger partial charge in [0.25, 0.3) is 5.91 Å². The largest absolute Gasteiger partial charge is 0.381 e. The molecule has 0 unspecified atom stereocenters. The van der Waals surface area contributed by atoms with E-state index in [4.69, 9.17) is 4.74 Å². The molecule has 2 aromatic carbocycles. The summed E-state index contributed by atoms with van der Waals surface area (Å²) in [5.41, 5.74) is 3.28. The van der Waals surface area contributed by atoms with E-state index in [0.29, 0.717) is 24.5 Å². The van der Waals surface area contributed by atoms with Crippen LogP contribution in [-0.4, -0.2) is 31.1 Å². The van der Waals surface area contributed by atoms with Crippen molar-refractivity contribution in [3.63, 3.8) is 0 Å². The molecule has 0 aromatic heterocycles. The maximum absolute atomic E-state index is 12.3. The van der Waals surface area contributed by atoms with Crippen molar-refractivity contribution in [2.24, 2.45) is 0 Å². The van der Waals surface area contributed by atoms with Gasteiger partial charge < -0.3 is 15.0 Å². The summed E-state index contributed by atoms with van der Waals surface area (Å²) in [5.74, 6) is -0.126. The number of nitrogens with zero attached hydrogens (tertiary/aromatic N) is 1. The highest BCUT2D eigenvalue weighted by atomic mass is 16.5. The molecule has 2 amide bonds. The summed E-state index contributed by atoms with van der Waals surface area (Å²) >= 11 is 0. The number of amides is 2. The predicted octanol–water partition coefficient (Wildman–Crippen LogP) is 3.78. The Morgan fingerprint density at radius 1 is 1.00 bits per heavy atom. The zero-order chi connectivity index (χ0) is 18.5. The van der Waals surface area contributed by atoms with Gasteiger partial charge in [0.1, 0.15) is 0 Å². The van der Waals surface area contributed by atoms with Crippen molar-refractivity contribution in [2.45, 2.75) is 32.7 Å². The molecular weight excluding hydrogens is 328 g/mol.